The molecule has 1 aliphatic carbocycles. The van der Waals surface area contributed by atoms with Crippen LogP contribution in [0.4, 0.5) is 0 Å². The summed E-state index contributed by atoms with van der Waals surface area (Å²) in [6.45, 7) is 0.103. The zero-order valence-corrected chi connectivity index (χ0v) is 10.4. The monoisotopic (exact) mass is 245 g/mol. The number of thiazole rings is 1. The topological polar surface area (TPSA) is 33.1 Å². The fourth-order valence-corrected chi connectivity index (χ4v) is 3.50. The van der Waals surface area contributed by atoms with E-state index in [0.717, 1.165) is 9.88 Å². The number of hydrogen-bond acceptors (Lipinski definition) is 3. The van der Waals surface area contributed by atoms with Crippen LogP contribution in [0, 0.1) is 0 Å². The normalized spacial score (nSPS) is 19.0. The average molecular weight is 245 g/mol. The minimum absolute atomic E-state index is 0.103. The van der Waals surface area contributed by atoms with Crippen LogP contribution >= 0.6 is 11.3 Å². The Bertz CT molecular complexity index is 520. The third kappa shape index (κ3) is 2.01. The van der Waals surface area contributed by atoms with Crippen LogP contribution in [-0.4, -0.2) is 10.1 Å². The van der Waals surface area contributed by atoms with Crippen molar-refractivity contribution < 1.29 is 5.11 Å². The Kier molecular flexibility index (Phi) is 2.95. The quantitative estimate of drug-likeness (QED) is 0.882. The summed E-state index contributed by atoms with van der Waals surface area (Å²) in [6.07, 6.45) is 5.40. The van der Waals surface area contributed by atoms with Crippen LogP contribution in [0.25, 0.3) is 0 Å². The molecule has 88 valence electrons. The number of nitrogens with zero attached hydrogens (tertiary/aromatic N) is 1. The van der Waals surface area contributed by atoms with Gasteiger partial charge in [0, 0.05) is 12.1 Å². The molecule has 0 bridgehead atoms. The van der Waals surface area contributed by atoms with Crippen LogP contribution in [0.3, 0.4) is 0 Å². The predicted octanol–water partition coefficient (Wildman–Crippen LogP) is 3.10. The molecular formula is C14H15NOS. The molecule has 0 aliphatic heterocycles. The highest BCUT2D eigenvalue weighted by molar-refractivity contribution is 7.11. The first kappa shape index (κ1) is 10.9. The van der Waals surface area contributed by atoms with Gasteiger partial charge in [0.1, 0.15) is 5.01 Å². The summed E-state index contributed by atoms with van der Waals surface area (Å²) in [5.41, 5.74) is 2.89. The molecule has 3 rings (SSSR count). The lowest BCUT2D eigenvalue weighted by atomic mass is 9.83. The minimum Gasteiger partial charge on any atom is -0.391 e. The van der Waals surface area contributed by atoms with Gasteiger partial charge in [0.15, 0.2) is 0 Å². The summed E-state index contributed by atoms with van der Waals surface area (Å²) >= 11 is 1.64. The summed E-state index contributed by atoms with van der Waals surface area (Å²) in [5.74, 6) is 0.435. The number of hydrogen-bond donors (Lipinski definition) is 1. The zero-order valence-electron chi connectivity index (χ0n) is 9.60. The lowest BCUT2D eigenvalue weighted by Gasteiger charge is -2.23. The second-order valence-electron chi connectivity index (χ2n) is 4.47. The summed E-state index contributed by atoms with van der Waals surface area (Å²) < 4.78 is 0. The van der Waals surface area contributed by atoms with Crippen molar-refractivity contribution in [2.75, 3.05) is 0 Å². The van der Waals surface area contributed by atoms with Crippen LogP contribution in [0.2, 0.25) is 0 Å². The minimum atomic E-state index is 0.103. The second-order valence-corrected chi connectivity index (χ2v) is 5.61. The molecule has 0 fully saturated rings. The van der Waals surface area contributed by atoms with E-state index in [1.165, 1.54) is 30.4 Å². The Balaban J connectivity index is 1.99. The molecule has 0 saturated heterocycles. The first-order chi connectivity index (χ1) is 8.38. The maximum atomic E-state index is 9.11. The molecule has 0 spiro atoms. The van der Waals surface area contributed by atoms with Crippen molar-refractivity contribution in [2.45, 2.75) is 31.8 Å². The van der Waals surface area contributed by atoms with Crippen molar-refractivity contribution in [1.29, 1.82) is 0 Å². The van der Waals surface area contributed by atoms with Crippen LogP contribution in [0.15, 0.2) is 30.5 Å². The van der Waals surface area contributed by atoms with Gasteiger partial charge in [-0.05, 0) is 30.4 Å². The van der Waals surface area contributed by atoms with Gasteiger partial charge >= 0.3 is 0 Å². The molecule has 1 atom stereocenters. The van der Waals surface area contributed by atoms with E-state index in [4.69, 9.17) is 5.11 Å². The van der Waals surface area contributed by atoms with Crippen molar-refractivity contribution in [3.05, 3.63) is 51.5 Å². The molecule has 0 saturated carbocycles. The van der Waals surface area contributed by atoms with E-state index < -0.39 is 0 Å². The Morgan fingerprint density at radius 2 is 2.24 bits per heavy atom. The van der Waals surface area contributed by atoms with E-state index in [2.05, 4.69) is 29.2 Å². The van der Waals surface area contributed by atoms with Gasteiger partial charge in [0.25, 0.3) is 0 Å². The Morgan fingerprint density at radius 3 is 3.06 bits per heavy atom. The highest BCUT2D eigenvalue weighted by Crippen LogP contribution is 2.38. The second kappa shape index (κ2) is 4.59. The number of aryl methyl sites for hydroxylation is 1. The van der Waals surface area contributed by atoms with Gasteiger partial charge in [0.05, 0.1) is 11.5 Å². The van der Waals surface area contributed by atoms with E-state index >= 15 is 0 Å². The number of rotatable bonds is 2. The van der Waals surface area contributed by atoms with E-state index in [0.29, 0.717) is 5.92 Å². The summed E-state index contributed by atoms with van der Waals surface area (Å²) in [6, 6.07) is 8.67. The van der Waals surface area contributed by atoms with Gasteiger partial charge < -0.3 is 5.11 Å². The summed E-state index contributed by atoms with van der Waals surface area (Å²) in [4.78, 5) is 5.43. The van der Waals surface area contributed by atoms with Crippen LogP contribution in [0.5, 0.6) is 0 Å². The fraction of sp³-hybridized carbons (Fsp3) is 0.357. The first-order valence-electron chi connectivity index (χ1n) is 6.02. The van der Waals surface area contributed by atoms with Gasteiger partial charge in [-0.15, -0.1) is 11.3 Å². The van der Waals surface area contributed by atoms with Crippen LogP contribution in [0.1, 0.15) is 39.8 Å². The molecule has 2 nitrogen and oxygen atoms in total. The summed E-state index contributed by atoms with van der Waals surface area (Å²) in [5, 5.41) is 10.3. The molecule has 1 heterocycles. The Hall–Kier alpha value is -1.19. The van der Waals surface area contributed by atoms with Crippen molar-refractivity contribution in [3.63, 3.8) is 0 Å². The molecule has 2 aromatic rings. The number of fused-ring (bicyclic) bond motifs is 1. The van der Waals surface area contributed by atoms with E-state index in [9.17, 15) is 0 Å². The fourth-order valence-electron chi connectivity index (χ4n) is 2.57. The number of aromatic nitrogens is 1. The SMILES string of the molecule is OCc1cnc(C2CCCc3ccccc32)s1. The molecule has 3 heteroatoms. The third-order valence-electron chi connectivity index (χ3n) is 3.39. The van der Waals surface area contributed by atoms with Gasteiger partial charge in [-0.25, -0.2) is 4.98 Å². The lowest BCUT2D eigenvalue weighted by Crippen LogP contribution is -2.10. The van der Waals surface area contributed by atoms with Crippen molar-refractivity contribution in [3.8, 4) is 0 Å². The van der Waals surface area contributed by atoms with Crippen molar-refractivity contribution >= 4 is 11.3 Å². The summed E-state index contributed by atoms with van der Waals surface area (Å²) in [7, 11) is 0. The number of aliphatic hydroxyl groups excluding tert-OH is 1. The first-order valence-corrected chi connectivity index (χ1v) is 6.83. The lowest BCUT2D eigenvalue weighted by molar-refractivity contribution is 0.285. The highest BCUT2D eigenvalue weighted by atomic mass is 32.1. The highest BCUT2D eigenvalue weighted by Gasteiger charge is 2.23. The van der Waals surface area contributed by atoms with Gasteiger partial charge in [-0.3, -0.25) is 0 Å². The molecule has 0 amide bonds. The molecule has 0 radical (unpaired) electrons. The maximum Gasteiger partial charge on any atom is 0.100 e. The molecular weight excluding hydrogens is 230 g/mol. The zero-order chi connectivity index (χ0) is 11.7. The predicted molar refractivity (Wildman–Crippen MR) is 69.3 cm³/mol. The molecule has 1 N–H and O–H groups in total. The van der Waals surface area contributed by atoms with Crippen LogP contribution < -0.4 is 0 Å². The van der Waals surface area contributed by atoms with Crippen molar-refractivity contribution in [1.82, 2.24) is 4.98 Å². The average Bonchev–Trinajstić information content (AvgIpc) is 2.87. The molecule has 17 heavy (non-hydrogen) atoms. The van der Waals surface area contributed by atoms with Crippen LogP contribution in [-0.2, 0) is 13.0 Å². The molecule has 1 aromatic carbocycles. The largest absolute Gasteiger partial charge is 0.391 e. The van der Waals surface area contributed by atoms with Gasteiger partial charge in [-0.2, -0.15) is 0 Å². The Morgan fingerprint density at radius 1 is 1.35 bits per heavy atom. The Labute approximate surface area is 105 Å². The van der Waals surface area contributed by atoms with Crippen molar-refractivity contribution in [2.24, 2.45) is 0 Å². The standard InChI is InChI=1S/C14H15NOS/c16-9-11-8-15-14(17-11)13-7-3-5-10-4-1-2-6-12(10)13/h1-2,4,6,8,13,16H,3,5,7,9H2. The molecule has 1 aromatic heterocycles. The third-order valence-corrected chi connectivity index (χ3v) is 4.49. The van der Waals surface area contributed by atoms with Gasteiger partial charge in [0.2, 0.25) is 0 Å². The molecule has 1 unspecified atom stereocenters. The maximum absolute atomic E-state index is 9.11. The number of benzene rings is 1. The number of aliphatic hydroxyl groups is 1. The smallest absolute Gasteiger partial charge is 0.100 e. The van der Waals surface area contributed by atoms with E-state index in [1.807, 2.05) is 0 Å². The van der Waals surface area contributed by atoms with Gasteiger partial charge in [-0.1, -0.05) is 24.3 Å². The van der Waals surface area contributed by atoms with E-state index in [1.54, 1.807) is 17.5 Å². The van der Waals surface area contributed by atoms with E-state index in [-0.39, 0.29) is 6.61 Å². The molecule has 1 aliphatic rings.